The van der Waals surface area contributed by atoms with Crippen LogP contribution in [0.1, 0.15) is 48.8 Å². The van der Waals surface area contributed by atoms with Crippen LogP contribution < -0.4 is 5.73 Å². The molecule has 2 aromatic rings. The summed E-state index contributed by atoms with van der Waals surface area (Å²) in [6, 6.07) is 14.4. The molecule has 3 rings (SSSR count). The van der Waals surface area contributed by atoms with Crippen molar-refractivity contribution in [3.63, 3.8) is 0 Å². The Morgan fingerprint density at radius 2 is 1.92 bits per heavy atom. The molecular weight excluding hydrogens is 331 g/mol. The molecule has 4 nitrogen and oxygen atoms in total. The average molecular weight is 356 g/mol. The molecule has 0 spiro atoms. The highest BCUT2D eigenvalue weighted by atomic mass is 19.1. The van der Waals surface area contributed by atoms with Gasteiger partial charge in [0.25, 0.3) is 0 Å². The van der Waals surface area contributed by atoms with Crippen LogP contribution >= 0.6 is 0 Å². The Labute approximate surface area is 153 Å². The largest absolute Gasteiger partial charge is 0.394 e. The molecule has 0 radical (unpaired) electrons. The summed E-state index contributed by atoms with van der Waals surface area (Å²) in [5.41, 5.74) is 9.63. The molecule has 0 heterocycles. The normalized spacial score (nSPS) is 23.2. The molecule has 2 atom stereocenters. The number of oxime groups is 1. The second-order valence-corrected chi connectivity index (χ2v) is 7.16. The number of halogens is 1. The van der Waals surface area contributed by atoms with Crippen LogP contribution in [-0.4, -0.2) is 23.0 Å². The van der Waals surface area contributed by atoms with Gasteiger partial charge in [-0.1, -0.05) is 41.6 Å². The quantitative estimate of drug-likeness (QED) is 0.612. The third-order valence-electron chi connectivity index (χ3n) is 5.10. The van der Waals surface area contributed by atoms with Crippen LogP contribution in [0.15, 0.2) is 53.7 Å². The van der Waals surface area contributed by atoms with Gasteiger partial charge in [-0.05, 0) is 60.9 Å². The summed E-state index contributed by atoms with van der Waals surface area (Å²) in [7, 11) is 0. The Kier molecular flexibility index (Phi) is 5.69. The van der Waals surface area contributed by atoms with Gasteiger partial charge in [0.05, 0.1) is 12.3 Å². The van der Waals surface area contributed by atoms with E-state index >= 15 is 0 Å². The van der Waals surface area contributed by atoms with E-state index in [0.29, 0.717) is 12.5 Å². The molecule has 0 unspecified atom stereocenters. The van der Waals surface area contributed by atoms with E-state index < -0.39 is 5.54 Å². The van der Waals surface area contributed by atoms with Crippen molar-refractivity contribution in [3.8, 4) is 0 Å². The van der Waals surface area contributed by atoms with Crippen molar-refractivity contribution in [1.29, 1.82) is 0 Å². The molecule has 1 fully saturated rings. The lowest BCUT2D eigenvalue weighted by atomic mass is 9.93. The summed E-state index contributed by atoms with van der Waals surface area (Å²) >= 11 is 0. The van der Waals surface area contributed by atoms with Crippen LogP contribution in [0.25, 0.3) is 0 Å². The maximum atomic E-state index is 12.9. The maximum absolute atomic E-state index is 12.9. The minimum absolute atomic E-state index is 0.0404. The second-order valence-electron chi connectivity index (χ2n) is 7.16. The summed E-state index contributed by atoms with van der Waals surface area (Å²) in [5.74, 6) is 0.134. The first-order valence-corrected chi connectivity index (χ1v) is 8.90. The van der Waals surface area contributed by atoms with Crippen LogP contribution in [0.3, 0.4) is 0 Å². The fourth-order valence-electron chi connectivity index (χ4n) is 3.42. The molecule has 0 aliphatic heterocycles. The van der Waals surface area contributed by atoms with Gasteiger partial charge in [0, 0.05) is 5.54 Å². The van der Waals surface area contributed by atoms with E-state index in [4.69, 9.17) is 10.6 Å². The van der Waals surface area contributed by atoms with Gasteiger partial charge in [0.15, 0.2) is 0 Å². The van der Waals surface area contributed by atoms with E-state index in [1.165, 1.54) is 17.7 Å². The SMILES string of the molecule is C/C(=N\OCc1ccc(F)cc1)c1ccc([C@@H]2CC[C@](N)(CO)C2)cc1. The first kappa shape index (κ1) is 18.5. The summed E-state index contributed by atoms with van der Waals surface area (Å²) in [6.07, 6.45) is 2.68. The zero-order valence-corrected chi connectivity index (χ0v) is 15.0. The van der Waals surface area contributed by atoms with Gasteiger partial charge in [0.1, 0.15) is 12.4 Å². The van der Waals surface area contributed by atoms with Crippen molar-refractivity contribution < 1.29 is 14.3 Å². The van der Waals surface area contributed by atoms with Crippen molar-refractivity contribution in [2.75, 3.05) is 6.61 Å². The molecule has 0 amide bonds. The second kappa shape index (κ2) is 7.98. The van der Waals surface area contributed by atoms with Crippen LogP contribution in [-0.2, 0) is 11.4 Å². The smallest absolute Gasteiger partial charge is 0.142 e. The van der Waals surface area contributed by atoms with Gasteiger partial charge >= 0.3 is 0 Å². The van der Waals surface area contributed by atoms with Crippen molar-refractivity contribution in [2.24, 2.45) is 10.9 Å². The van der Waals surface area contributed by atoms with Crippen molar-refractivity contribution in [2.45, 2.75) is 44.2 Å². The van der Waals surface area contributed by atoms with Gasteiger partial charge in [0.2, 0.25) is 0 Å². The molecule has 1 aliphatic rings. The fourth-order valence-corrected chi connectivity index (χ4v) is 3.42. The molecule has 0 aromatic heterocycles. The summed E-state index contributed by atoms with van der Waals surface area (Å²) in [5, 5.41) is 13.6. The molecular formula is C21H25FN2O2. The topological polar surface area (TPSA) is 67.8 Å². The monoisotopic (exact) mass is 356 g/mol. The fraction of sp³-hybridized carbons (Fsp3) is 0.381. The van der Waals surface area contributed by atoms with Crippen molar-refractivity contribution in [3.05, 3.63) is 71.0 Å². The molecule has 1 aliphatic carbocycles. The van der Waals surface area contributed by atoms with E-state index in [9.17, 15) is 9.50 Å². The number of aliphatic hydroxyl groups is 1. The lowest BCUT2D eigenvalue weighted by Crippen LogP contribution is -2.40. The summed E-state index contributed by atoms with van der Waals surface area (Å²) in [6.45, 7) is 2.24. The first-order chi connectivity index (χ1) is 12.5. The molecule has 138 valence electrons. The zero-order chi connectivity index (χ0) is 18.6. The predicted molar refractivity (Wildman–Crippen MR) is 100 cm³/mol. The molecule has 1 saturated carbocycles. The Bertz CT molecular complexity index is 759. The Hall–Kier alpha value is -2.24. The highest BCUT2D eigenvalue weighted by Gasteiger charge is 2.35. The van der Waals surface area contributed by atoms with Crippen LogP contribution in [0.2, 0.25) is 0 Å². The van der Waals surface area contributed by atoms with E-state index in [1.54, 1.807) is 12.1 Å². The third kappa shape index (κ3) is 4.48. The van der Waals surface area contributed by atoms with E-state index in [1.807, 2.05) is 19.1 Å². The van der Waals surface area contributed by atoms with Gasteiger partial charge in [-0.3, -0.25) is 0 Å². The van der Waals surface area contributed by atoms with Gasteiger partial charge in [-0.25, -0.2) is 4.39 Å². The number of nitrogens with two attached hydrogens (primary N) is 1. The average Bonchev–Trinajstić information content (AvgIpc) is 3.06. The minimum atomic E-state index is -0.436. The Balaban J connectivity index is 1.58. The lowest BCUT2D eigenvalue weighted by molar-refractivity contribution is 0.130. The molecule has 0 bridgehead atoms. The van der Waals surface area contributed by atoms with Crippen molar-refractivity contribution in [1.82, 2.24) is 0 Å². The summed E-state index contributed by atoms with van der Waals surface area (Å²) in [4.78, 5) is 5.37. The zero-order valence-electron chi connectivity index (χ0n) is 15.0. The number of hydrogen-bond donors (Lipinski definition) is 2. The lowest BCUT2D eigenvalue weighted by Gasteiger charge is -2.20. The van der Waals surface area contributed by atoms with Crippen molar-refractivity contribution >= 4 is 5.71 Å². The van der Waals surface area contributed by atoms with E-state index in [2.05, 4.69) is 17.3 Å². The number of rotatable bonds is 6. The first-order valence-electron chi connectivity index (χ1n) is 8.90. The van der Waals surface area contributed by atoms with Crippen LogP contribution in [0, 0.1) is 5.82 Å². The van der Waals surface area contributed by atoms with E-state index in [-0.39, 0.29) is 12.4 Å². The maximum Gasteiger partial charge on any atom is 0.142 e. The van der Waals surface area contributed by atoms with Crippen LogP contribution in [0.4, 0.5) is 4.39 Å². The van der Waals surface area contributed by atoms with Gasteiger partial charge < -0.3 is 15.7 Å². The standard InChI is InChI=1S/C21H25FN2O2/c1-15(24-26-13-16-2-8-20(22)9-3-16)17-4-6-18(7-5-17)19-10-11-21(23,12-19)14-25/h2-9,19,25H,10-14,23H2,1H3/b24-15+/t19-,21-/m1/s1. The molecule has 0 saturated heterocycles. The minimum Gasteiger partial charge on any atom is -0.394 e. The van der Waals surface area contributed by atoms with E-state index in [0.717, 1.165) is 36.1 Å². The molecule has 5 heteroatoms. The summed E-state index contributed by atoms with van der Waals surface area (Å²) < 4.78 is 12.9. The number of hydrogen-bond acceptors (Lipinski definition) is 4. The Morgan fingerprint density at radius 3 is 2.54 bits per heavy atom. The predicted octanol–water partition coefficient (Wildman–Crippen LogP) is 3.72. The highest BCUT2D eigenvalue weighted by molar-refractivity contribution is 5.98. The number of benzene rings is 2. The van der Waals surface area contributed by atoms with Gasteiger partial charge in [-0.2, -0.15) is 0 Å². The molecule has 26 heavy (non-hydrogen) atoms. The van der Waals surface area contributed by atoms with Gasteiger partial charge in [-0.15, -0.1) is 0 Å². The third-order valence-corrected chi connectivity index (χ3v) is 5.10. The highest BCUT2D eigenvalue weighted by Crippen LogP contribution is 2.39. The number of nitrogens with zero attached hydrogens (tertiary/aromatic N) is 1. The molecule has 2 aromatic carbocycles. The number of aliphatic hydroxyl groups excluding tert-OH is 1. The van der Waals surface area contributed by atoms with Crippen LogP contribution in [0.5, 0.6) is 0 Å². The molecule has 3 N–H and O–H groups in total. The Morgan fingerprint density at radius 1 is 1.23 bits per heavy atom.